The fourth-order valence-corrected chi connectivity index (χ4v) is 4.06. The third-order valence-corrected chi connectivity index (χ3v) is 5.92. The van der Waals surface area contributed by atoms with Gasteiger partial charge in [0.1, 0.15) is 9.84 Å². The summed E-state index contributed by atoms with van der Waals surface area (Å²) in [6.45, 7) is 1.91. The van der Waals surface area contributed by atoms with Crippen LogP contribution in [0.1, 0.15) is 40.2 Å². The third kappa shape index (κ3) is 5.17. The highest BCUT2D eigenvalue weighted by molar-refractivity contribution is 14.1. The van der Waals surface area contributed by atoms with Crippen molar-refractivity contribution in [3.05, 3.63) is 52.8 Å². The molecule has 0 radical (unpaired) electrons. The van der Waals surface area contributed by atoms with E-state index >= 15 is 0 Å². The smallest absolute Gasteiger partial charge is 0.174 e. The molecule has 0 aliphatic rings. The normalized spacial score (nSPS) is 11.3. The zero-order chi connectivity index (χ0) is 19.3. The summed E-state index contributed by atoms with van der Waals surface area (Å²) in [6.07, 6.45) is 3.25. The van der Waals surface area contributed by atoms with Crippen LogP contribution in [0.25, 0.3) is 5.69 Å². The third-order valence-electron chi connectivity index (χ3n) is 4.20. The molecule has 5 nitrogen and oxygen atoms in total. The van der Waals surface area contributed by atoms with Crippen LogP contribution in [-0.4, -0.2) is 35.2 Å². The van der Waals surface area contributed by atoms with Gasteiger partial charge in [-0.1, -0.05) is 22.6 Å². The van der Waals surface area contributed by atoms with Crippen LogP contribution in [0.3, 0.4) is 0 Å². The Balaban J connectivity index is 2.35. The van der Waals surface area contributed by atoms with E-state index in [4.69, 9.17) is 5.26 Å². The molecule has 1 aromatic heterocycles. The summed E-state index contributed by atoms with van der Waals surface area (Å²) in [4.78, 5) is 12.2. The molecule has 138 valence electrons. The van der Waals surface area contributed by atoms with E-state index in [1.165, 1.54) is 6.26 Å². The first kappa shape index (κ1) is 20.6. The number of aryl methyl sites for hydroxylation is 1. The van der Waals surface area contributed by atoms with E-state index in [0.29, 0.717) is 28.4 Å². The Bertz CT molecular complexity index is 938. The number of halogens is 1. The van der Waals surface area contributed by atoms with Gasteiger partial charge in [-0.05, 0) is 56.5 Å². The molecule has 0 amide bonds. The molecule has 0 aliphatic heterocycles. The average Bonchev–Trinajstić information content (AvgIpc) is 2.93. The molecule has 0 atom stereocenters. The van der Waals surface area contributed by atoms with E-state index in [0.717, 1.165) is 23.5 Å². The number of hydrogen-bond donors (Lipinski definition) is 0. The van der Waals surface area contributed by atoms with E-state index < -0.39 is 9.84 Å². The molecular formula is C19H21IN2O3S. The Morgan fingerprint density at radius 1 is 1.23 bits per heavy atom. The van der Waals surface area contributed by atoms with Crippen LogP contribution in [0.5, 0.6) is 0 Å². The minimum absolute atomic E-state index is 0.0767. The largest absolute Gasteiger partial charge is 0.317 e. The number of carbonyl (C=O) groups excluding carboxylic acids is 1. The molecule has 0 bridgehead atoms. The molecule has 2 aromatic rings. The fourth-order valence-electron chi connectivity index (χ4n) is 2.92. The lowest BCUT2D eigenvalue weighted by Gasteiger charge is -2.12. The number of Topliss-reactive ketones (excluding diaryl/α,β-unsaturated/α-hetero) is 1. The maximum absolute atomic E-state index is 12.2. The first-order valence-electron chi connectivity index (χ1n) is 8.25. The zero-order valence-corrected chi connectivity index (χ0v) is 17.8. The molecule has 0 aliphatic carbocycles. The molecule has 0 saturated heterocycles. The maximum atomic E-state index is 12.2. The zero-order valence-electron chi connectivity index (χ0n) is 14.8. The van der Waals surface area contributed by atoms with Gasteiger partial charge in [0.05, 0.1) is 16.1 Å². The van der Waals surface area contributed by atoms with E-state index in [-0.39, 0.29) is 11.5 Å². The predicted octanol–water partition coefficient (Wildman–Crippen LogP) is 3.64. The van der Waals surface area contributed by atoms with Gasteiger partial charge in [0.25, 0.3) is 0 Å². The number of carbonyl (C=O) groups is 1. The second-order valence-electron chi connectivity index (χ2n) is 6.27. The van der Waals surface area contributed by atoms with Gasteiger partial charge in [-0.3, -0.25) is 4.79 Å². The highest BCUT2D eigenvalue weighted by Crippen LogP contribution is 2.24. The van der Waals surface area contributed by atoms with Crippen molar-refractivity contribution in [2.45, 2.75) is 26.2 Å². The highest BCUT2D eigenvalue weighted by atomic mass is 127. The van der Waals surface area contributed by atoms with Gasteiger partial charge >= 0.3 is 0 Å². The van der Waals surface area contributed by atoms with Gasteiger partial charge in [0, 0.05) is 34.6 Å². The van der Waals surface area contributed by atoms with Gasteiger partial charge in [0.15, 0.2) is 5.78 Å². The van der Waals surface area contributed by atoms with Gasteiger partial charge in [-0.2, -0.15) is 5.26 Å². The Morgan fingerprint density at radius 3 is 2.42 bits per heavy atom. The van der Waals surface area contributed by atoms with Crippen LogP contribution in [0.2, 0.25) is 0 Å². The number of unbranched alkanes of at least 4 members (excludes halogenated alkanes) is 1. The standard InChI is InChI=1S/C19H21IN2O3S/c1-14-18(19(23)12-20)11-17(5-3-4-10-26(2,24)25)22(14)16-8-6-15(13-21)7-9-16/h6-9,11H,3-5,10,12H2,1-2H3. The molecule has 0 N–H and O–H groups in total. The van der Waals surface area contributed by atoms with Gasteiger partial charge in [-0.15, -0.1) is 0 Å². The predicted molar refractivity (Wildman–Crippen MR) is 111 cm³/mol. The first-order valence-corrected chi connectivity index (χ1v) is 11.8. The Labute approximate surface area is 168 Å². The number of ketones is 1. The second-order valence-corrected chi connectivity index (χ2v) is 9.30. The summed E-state index contributed by atoms with van der Waals surface area (Å²) in [6, 6.07) is 11.2. The number of hydrogen-bond acceptors (Lipinski definition) is 4. The minimum Gasteiger partial charge on any atom is -0.317 e. The Hall–Kier alpha value is -1.66. The quantitative estimate of drug-likeness (QED) is 0.248. The van der Waals surface area contributed by atoms with Crippen molar-refractivity contribution < 1.29 is 13.2 Å². The minimum atomic E-state index is -2.96. The van der Waals surface area contributed by atoms with Crippen LogP contribution >= 0.6 is 22.6 Å². The molecule has 7 heteroatoms. The number of aromatic nitrogens is 1. The van der Waals surface area contributed by atoms with Crippen LogP contribution in [0, 0.1) is 18.3 Å². The van der Waals surface area contributed by atoms with E-state index in [1.54, 1.807) is 12.1 Å². The molecule has 0 saturated carbocycles. The number of sulfone groups is 1. The van der Waals surface area contributed by atoms with E-state index in [9.17, 15) is 13.2 Å². The number of rotatable bonds is 8. The van der Waals surface area contributed by atoms with Crippen molar-refractivity contribution in [1.82, 2.24) is 4.57 Å². The number of alkyl halides is 1. The molecule has 1 aromatic carbocycles. The molecule has 26 heavy (non-hydrogen) atoms. The Morgan fingerprint density at radius 2 is 1.88 bits per heavy atom. The monoisotopic (exact) mass is 484 g/mol. The summed E-state index contributed by atoms with van der Waals surface area (Å²) in [5, 5.41) is 8.97. The van der Waals surface area contributed by atoms with Crippen molar-refractivity contribution in [2.75, 3.05) is 16.4 Å². The van der Waals surface area contributed by atoms with Crippen molar-refractivity contribution in [3.8, 4) is 11.8 Å². The summed E-state index contributed by atoms with van der Waals surface area (Å²) in [5.41, 5.74) is 4.02. The lowest BCUT2D eigenvalue weighted by molar-refractivity contribution is 0.102. The summed E-state index contributed by atoms with van der Waals surface area (Å²) in [5.74, 6) is 0.246. The SMILES string of the molecule is Cc1c(C(=O)CI)cc(CCCCS(C)(=O)=O)n1-c1ccc(C#N)cc1. The van der Waals surface area contributed by atoms with Gasteiger partial charge < -0.3 is 4.57 Å². The van der Waals surface area contributed by atoms with Crippen LogP contribution in [0.15, 0.2) is 30.3 Å². The van der Waals surface area contributed by atoms with Crippen molar-refractivity contribution >= 4 is 38.2 Å². The summed E-state index contributed by atoms with van der Waals surface area (Å²) in [7, 11) is -2.96. The lowest BCUT2D eigenvalue weighted by Crippen LogP contribution is -2.06. The molecule has 0 spiro atoms. The van der Waals surface area contributed by atoms with E-state index in [1.807, 2.05) is 29.7 Å². The fraction of sp³-hybridized carbons (Fsp3) is 0.368. The number of nitrogens with zero attached hydrogens (tertiary/aromatic N) is 2. The molecule has 0 fully saturated rings. The van der Waals surface area contributed by atoms with Crippen molar-refractivity contribution in [1.29, 1.82) is 5.26 Å². The van der Waals surface area contributed by atoms with Crippen LogP contribution in [-0.2, 0) is 16.3 Å². The Kier molecular flexibility index (Phi) is 7.01. The van der Waals surface area contributed by atoms with Crippen molar-refractivity contribution in [2.24, 2.45) is 0 Å². The van der Waals surface area contributed by atoms with E-state index in [2.05, 4.69) is 28.7 Å². The molecular weight excluding hydrogens is 463 g/mol. The molecule has 1 heterocycles. The average molecular weight is 484 g/mol. The molecule has 2 rings (SSSR count). The summed E-state index contributed by atoms with van der Waals surface area (Å²) < 4.78 is 25.0. The maximum Gasteiger partial charge on any atom is 0.174 e. The summed E-state index contributed by atoms with van der Waals surface area (Å²) >= 11 is 2.06. The van der Waals surface area contributed by atoms with Gasteiger partial charge in [0.2, 0.25) is 0 Å². The topological polar surface area (TPSA) is 79.9 Å². The van der Waals surface area contributed by atoms with Gasteiger partial charge in [-0.25, -0.2) is 8.42 Å². The number of nitriles is 1. The first-order chi connectivity index (χ1) is 12.3. The van der Waals surface area contributed by atoms with Crippen LogP contribution < -0.4 is 0 Å². The highest BCUT2D eigenvalue weighted by Gasteiger charge is 2.18. The van der Waals surface area contributed by atoms with Crippen LogP contribution in [0.4, 0.5) is 0 Å². The second kappa shape index (κ2) is 8.82. The number of benzene rings is 1. The molecule has 0 unspecified atom stereocenters. The lowest BCUT2D eigenvalue weighted by atomic mass is 10.1. The van der Waals surface area contributed by atoms with Crippen molar-refractivity contribution in [3.63, 3.8) is 0 Å².